The highest BCUT2D eigenvalue weighted by Gasteiger charge is 2.18. The molecule has 6 nitrogen and oxygen atoms in total. The molecule has 1 aliphatic carbocycles. The number of hydrogen-bond donors (Lipinski definition) is 2. The maximum Gasteiger partial charge on any atom is 0.269 e. The maximum absolute atomic E-state index is 12.2. The van der Waals surface area contributed by atoms with Gasteiger partial charge in [0, 0.05) is 29.1 Å². The fraction of sp³-hybridized carbons (Fsp3) is 0.429. The van der Waals surface area contributed by atoms with Crippen LogP contribution in [0.25, 0.3) is 0 Å². The number of rotatable bonds is 6. The molecule has 1 aromatic heterocycles. The van der Waals surface area contributed by atoms with Crippen LogP contribution in [0.5, 0.6) is 0 Å². The van der Waals surface area contributed by atoms with E-state index in [-0.39, 0.29) is 11.8 Å². The minimum absolute atomic E-state index is 0.123. The van der Waals surface area contributed by atoms with Gasteiger partial charge in [-0.25, -0.2) is 9.97 Å². The molecule has 0 unspecified atom stereocenters. The van der Waals surface area contributed by atoms with E-state index in [1.165, 1.54) is 12.8 Å². The maximum atomic E-state index is 12.2. The number of thioether (sulfide) groups is 1. The Kier molecular flexibility index (Phi) is 7.03. The van der Waals surface area contributed by atoms with Crippen LogP contribution in [0.1, 0.15) is 59.4 Å². The van der Waals surface area contributed by atoms with E-state index < -0.39 is 0 Å². The Morgan fingerprint density at radius 2 is 1.68 bits per heavy atom. The van der Waals surface area contributed by atoms with Crippen LogP contribution in [0.15, 0.2) is 35.5 Å². The Labute approximate surface area is 169 Å². The van der Waals surface area contributed by atoms with Crippen molar-refractivity contribution in [2.75, 3.05) is 0 Å². The molecule has 0 bridgehead atoms. The van der Waals surface area contributed by atoms with Crippen LogP contribution in [0.2, 0.25) is 0 Å². The largest absolute Gasteiger partial charge is 0.273 e. The van der Waals surface area contributed by atoms with Crippen LogP contribution in [-0.4, -0.2) is 21.8 Å². The first-order chi connectivity index (χ1) is 13.5. The molecule has 3 rings (SSSR count). The summed E-state index contributed by atoms with van der Waals surface area (Å²) >= 11 is 1.57. The quantitative estimate of drug-likeness (QED) is 0.440. The lowest BCUT2D eigenvalue weighted by Gasteiger charge is -2.11. The molecule has 1 saturated carbocycles. The molecule has 0 spiro atoms. The number of hydrazine groups is 1. The molecule has 1 aliphatic rings. The van der Waals surface area contributed by atoms with Gasteiger partial charge in [0.25, 0.3) is 5.91 Å². The third-order valence-corrected chi connectivity index (χ3v) is 5.73. The van der Waals surface area contributed by atoms with Crippen LogP contribution in [0, 0.1) is 19.8 Å². The van der Waals surface area contributed by atoms with E-state index in [9.17, 15) is 9.59 Å². The molecule has 0 aliphatic heterocycles. The normalized spacial score (nSPS) is 14.1. The zero-order chi connectivity index (χ0) is 19.9. The molecule has 1 heterocycles. The standard InChI is InChI=1S/C21H26N4O2S/c1-14-11-15(2)23-21(22-14)28-13-17-7-9-18(10-8-17)20(27)25-24-19(26)12-16-5-3-4-6-16/h7-11,16H,3-6,12-13H2,1-2H3,(H,24,26)(H,25,27). The van der Waals surface area contributed by atoms with Gasteiger partial charge in [-0.05, 0) is 56.4 Å². The molecule has 2 aromatic rings. The molecule has 1 fully saturated rings. The summed E-state index contributed by atoms with van der Waals surface area (Å²) in [6.45, 7) is 3.91. The van der Waals surface area contributed by atoms with E-state index in [4.69, 9.17) is 0 Å². The van der Waals surface area contributed by atoms with Gasteiger partial charge in [0.1, 0.15) is 0 Å². The van der Waals surface area contributed by atoms with E-state index in [0.717, 1.165) is 40.7 Å². The number of benzene rings is 1. The number of carbonyl (C=O) groups is 2. The molecule has 7 heteroatoms. The summed E-state index contributed by atoms with van der Waals surface area (Å²) < 4.78 is 0. The summed E-state index contributed by atoms with van der Waals surface area (Å²) in [5.41, 5.74) is 8.52. The van der Waals surface area contributed by atoms with Crippen molar-refractivity contribution in [3.63, 3.8) is 0 Å². The molecule has 2 N–H and O–H groups in total. The second-order valence-corrected chi connectivity index (χ2v) is 8.22. The fourth-order valence-electron chi connectivity index (χ4n) is 3.38. The number of hydrogen-bond acceptors (Lipinski definition) is 5. The number of aromatic nitrogens is 2. The van der Waals surface area contributed by atoms with Crippen molar-refractivity contribution in [1.29, 1.82) is 0 Å². The smallest absolute Gasteiger partial charge is 0.269 e. The summed E-state index contributed by atoms with van der Waals surface area (Å²) in [5, 5.41) is 0.754. The van der Waals surface area contributed by atoms with E-state index in [0.29, 0.717) is 17.9 Å². The molecule has 0 radical (unpaired) electrons. The van der Waals surface area contributed by atoms with E-state index >= 15 is 0 Å². The number of nitrogens with zero attached hydrogens (tertiary/aromatic N) is 2. The van der Waals surface area contributed by atoms with Gasteiger partial charge < -0.3 is 0 Å². The number of carbonyl (C=O) groups excluding carboxylic acids is 2. The highest BCUT2D eigenvalue weighted by molar-refractivity contribution is 7.98. The molecular weight excluding hydrogens is 372 g/mol. The van der Waals surface area contributed by atoms with E-state index in [1.54, 1.807) is 23.9 Å². The lowest BCUT2D eigenvalue weighted by molar-refractivity contribution is -0.122. The van der Waals surface area contributed by atoms with Gasteiger partial charge in [0.05, 0.1) is 0 Å². The monoisotopic (exact) mass is 398 g/mol. The summed E-state index contributed by atoms with van der Waals surface area (Å²) in [5.74, 6) is 0.747. The minimum Gasteiger partial charge on any atom is -0.273 e. The molecule has 2 amide bonds. The number of aryl methyl sites for hydroxylation is 2. The first-order valence-electron chi connectivity index (χ1n) is 9.63. The van der Waals surface area contributed by atoms with Crippen molar-refractivity contribution in [3.05, 3.63) is 52.8 Å². The average molecular weight is 399 g/mol. The second-order valence-electron chi connectivity index (χ2n) is 7.28. The van der Waals surface area contributed by atoms with Crippen molar-refractivity contribution < 1.29 is 9.59 Å². The predicted molar refractivity (Wildman–Crippen MR) is 110 cm³/mol. The van der Waals surface area contributed by atoms with Crippen molar-refractivity contribution in [1.82, 2.24) is 20.8 Å². The Morgan fingerprint density at radius 3 is 2.32 bits per heavy atom. The van der Waals surface area contributed by atoms with Crippen LogP contribution in [0.3, 0.4) is 0 Å². The molecule has 1 aromatic carbocycles. The first kappa shape index (κ1) is 20.3. The predicted octanol–water partition coefficient (Wildman–Crippen LogP) is 3.73. The lowest BCUT2D eigenvalue weighted by atomic mass is 10.0. The zero-order valence-electron chi connectivity index (χ0n) is 16.3. The lowest BCUT2D eigenvalue weighted by Crippen LogP contribution is -2.42. The highest BCUT2D eigenvalue weighted by atomic mass is 32.2. The average Bonchev–Trinajstić information content (AvgIpc) is 3.17. The van der Waals surface area contributed by atoms with Gasteiger partial charge in [0.15, 0.2) is 5.16 Å². The Morgan fingerprint density at radius 1 is 1.04 bits per heavy atom. The van der Waals surface area contributed by atoms with E-state index in [2.05, 4.69) is 20.8 Å². The third-order valence-electron chi connectivity index (χ3n) is 4.81. The Balaban J connectivity index is 1.46. The van der Waals surface area contributed by atoms with Crippen LogP contribution in [0.4, 0.5) is 0 Å². The van der Waals surface area contributed by atoms with Gasteiger partial charge in [-0.3, -0.25) is 20.4 Å². The third kappa shape index (κ3) is 6.05. The van der Waals surface area contributed by atoms with Gasteiger partial charge in [-0.2, -0.15) is 0 Å². The summed E-state index contributed by atoms with van der Waals surface area (Å²) in [7, 11) is 0. The minimum atomic E-state index is -0.309. The molecule has 0 saturated heterocycles. The molecular formula is C21H26N4O2S. The van der Waals surface area contributed by atoms with Crippen molar-refractivity contribution in [3.8, 4) is 0 Å². The Bertz CT molecular complexity index is 813. The zero-order valence-corrected chi connectivity index (χ0v) is 17.1. The van der Waals surface area contributed by atoms with Gasteiger partial charge >= 0.3 is 0 Å². The van der Waals surface area contributed by atoms with Crippen molar-refractivity contribution >= 4 is 23.6 Å². The van der Waals surface area contributed by atoms with Crippen molar-refractivity contribution in [2.45, 2.75) is 56.9 Å². The van der Waals surface area contributed by atoms with Gasteiger partial charge in [0.2, 0.25) is 5.91 Å². The van der Waals surface area contributed by atoms with Crippen LogP contribution >= 0.6 is 11.8 Å². The topological polar surface area (TPSA) is 84.0 Å². The summed E-state index contributed by atoms with van der Waals surface area (Å²) in [6.07, 6.45) is 5.09. The number of nitrogens with one attached hydrogen (secondary N) is 2. The molecule has 148 valence electrons. The highest BCUT2D eigenvalue weighted by Crippen LogP contribution is 2.27. The summed E-state index contributed by atoms with van der Waals surface area (Å²) in [6, 6.07) is 9.28. The molecule has 0 atom stereocenters. The summed E-state index contributed by atoms with van der Waals surface area (Å²) in [4.78, 5) is 33.0. The van der Waals surface area contributed by atoms with Crippen LogP contribution in [-0.2, 0) is 10.5 Å². The van der Waals surface area contributed by atoms with Gasteiger partial charge in [-0.15, -0.1) is 0 Å². The Hall–Kier alpha value is -2.41. The molecule has 28 heavy (non-hydrogen) atoms. The van der Waals surface area contributed by atoms with Gasteiger partial charge in [-0.1, -0.05) is 36.7 Å². The van der Waals surface area contributed by atoms with Crippen molar-refractivity contribution in [2.24, 2.45) is 5.92 Å². The van der Waals surface area contributed by atoms with Crippen LogP contribution < -0.4 is 10.9 Å². The SMILES string of the molecule is Cc1cc(C)nc(SCc2ccc(C(=O)NNC(=O)CC3CCCC3)cc2)n1. The first-order valence-corrected chi connectivity index (χ1v) is 10.6. The number of amides is 2. The van der Waals surface area contributed by atoms with E-state index in [1.807, 2.05) is 32.0 Å². The second kappa shape index (κ2) is 9.68. The fourth-order valence-corrected chi connectivity index (χ4v) is 4.29.